The fourth-order valence-electron chi connectivity index (χ4n) is 2.45. The van der Waals surface area contributed by atoms with Crippen LogP contribution in [0, 0.1) is 0 Å². The molecule has 0 N–H and O–H groups in total. The first kappa shape index (κ1) is 15.3. The Morgan fingerprint density at radius 1 is 1.35 bits per heavy atom. The Balaban J connectivity index is 2.48. The molecule has 0 aliphatic heterocycles. The van der Waals surface area contributed by atoms with Gasteiger partial charge < -0.3 is 9.47 Å². The van der Waals surface area contributed by atoms with E-state index < -0.39 is 0 Å². The highest BCUT2D eigenvalue weighted by Crippen LogP contribution is 2.26. The molecular weight excluding hydrogens is 274 g/mol. The van der Waals surface area contributed by atoms with Gasteiger partial charge in [-0.3, -0.25) is 4.68 Å². The van der Waals surface area contributed by atoms with Gasteiger partial charge in [0.15, 0.2) is 5.65 Å². The van der Waals surface area contributed by atoms with Crippen LogP contribution in [-0.4, -0.2) is 44.4 Å². The molecule has 2 heterocycles. The Labute approximate surface area is 125 Å². The maximum atomic E-state index is 6.31. The minimum Gasteiger partial charge on any atom is -0.310 e. The second kappa shape index (κ2) is 6.14. The maximum absolute atomic E-state index is 6.31. The van der Waals surface area contributed by atoms with Crippen LogP contribution in [0.25, 0.3) is 11.2 Å². The van der Waals surface area contributed by atoms with Crippen LogP contribution in [-0.2, 0) is 20.0 Å². The van der Waals surface area contributed by atoms with Gasteiger partial charge in [-0.25, -0.2) is 4.98 Å². The number of halogens is 1. The van der Waals surface area contributed by atoms with E-state index in [2.05, 4.69) is 35.5 Å². The van der Waals surface area contributed by atoms with Crippen LogP contribution in [0.1, 0.15) is 37.7 Å². The van der Waals surface area contributed by atoms with Crippen molar-refractivity contribution in [2.24, 2.45) is 7.05 Å². The van der Waals surface area contributed by atoms with E-state index in [4.69, 9.17) is 16.6 Å². The molecule has 0 spiro atoms. The lowest BCUT2D eigenvalue weighted by Crippen LogP contribution is -2.24. The fraction of sp³-hybridized carbons (Fsp3) is 0.714. The largest absolute Gasteiger partial charge is 0.310 e. The zero-order valence-electron chi connectivity index (χ0n) is 13.0. The molecule has 2 aromatic rings. The van der Waals surface area contributed by atoms with Gasteiger partial charge in [0.25, 0.3) is 0 Å². The summed E-state index contributed by atoms with van der Waals surface area (Å²) in [6, 6.07) is 0. The predicted octanol–water partition coefficient (Wildman–Crippen LogP) is 2.58. The fourth-order valence-corrected chi connectivity index (χ4v) is 2.62. The zero-order valence-corrected chi connectivity index (χ0v) is 13.8. The second-order valence-corrected chi connectivity index (χ2v) is 5.88. The molecule has 0 aromatic carbocycles. The number of likely N-dealkylation sites (N-methyl/N-ethyl adjacent to an activating group) is 1. The zero-order chi connectivity index (χ0) is 14.9. The first-order valence-corrected chi connectivity index (χ1v) is 7.67. The predicted molar refractivity (Wildman–Crippen MR) is 83.3 cm³/mol. The van der Waals surface area contributed by atoms with Crippen molar-refractivity contribution in [3.63, 3.8) is 0 Å². The van der Waals surface area contributed by atoms with Crippen LogP contribution in [0.4, 0.5) is 0 Å². The number of hydrogen-bond acceptors (Lipinski definition) is 3. The normalized spacial score (nSPS) is 13.6. The molecule has 0 fully saturated rings. The van der Waals surface area contributed by atoms with E-state index >= 15 is 0 Å². The van der Waals surface area contributed by atoms with Crippen molar-refractivity contribution < 1.29 is 0 Å². The molecule has 0 radical (unpaired) electrons. The van der Waals surface area contributed by atoms with Gasteiger partial charge in [-0.15, -0.1) is 11.6 Å². The molecule has 0 bridgehead atoms. The molecule has 0 aliphatic carbocycles. The molecule has 0 saturated heterocycles. The second-order valence-electron chi connectivity index (χ2n) is 5.23. The number of rotatable bonds is 6. The van der Waals surface area contributed by atoms with E-state index in [-0.39, 0.29) is 5.38 Å². The summed E-state index contributed by atoms with van der Waals surface area (Å²) in [5.74, 6) is 0.939. The molecule has 0 saturated carbocycles. The summed E-state index contributed by atoms with van der Waals surface area (Å²) in [6.07, 6.45) is 0.888. The Bertz CT molecular complexity index is 584. The summed E-state index contributed by atoms with van der Waals surface area (Å²) in [4.78, 5) is 7.02. The van der Waals surface area contributed by atoms with Crippen LogP contribution in [0.15, 0.2) is 0 Å². The summed E-state index contributed by atoms with van der Waals surface area (Å²) in [6.45, 7) is 9.14. The SMILES string of the molecule is CCc1nn(C)c2c1nc(C(C)Cl)n2CCN(C)CC. The summed E-state index contributed by atoms with van der Waals surface area (Å²) in [5, 5.41) is 4.46. The summed E-state index contributed by atoms with van der Waals surface area (Å²) < 4.78 is 4.14. The number of aryl methyl sites for hydroxylation is 2. The lowest BCUT2D eigenvalue weighted by Gasteiger charge is -2.16. The standard InChI is InChI=1S/C14H24ClN5/c1-6-11-12-14(19(5)17-11)20(9-8-18(4)7-2)13(16-12)10(3)15/h10H,6-9H2,1-5H3. The van der Waals surface area contributed by atoms with Crippen LogP contribution >= 0.6 is 11.6 Å². The van der Waals surface area contributed by atoms with Gasteiger partial charge in [-0.1, -0.05) is 13.8 Å². The number of aromatic nitrogens is 4. The van der Waals surface area contributed by atoms with E-state index in [0.717, 1.165) is 48.7 Å². The van der Waals surface area contributed by atoms with E-state index in [1.165, 1.54) is 0 Å². The smallest absolute Gasteiger partial charge is 0.158 e. The molecule has 20 heavy (non-hydrogen) atoms. The summed E-state index contributed by atoms with van der Waals surface area (Å²) in [7, 11) is 4.10. The van der Waals surface area contributed by atoms with Gasteiger partial charge in [0.1, 0.15) is 11.3 Å². The number of fused-ring (bicyclic) bond motifs is 1. The molecule has 2 rings (SSSR count). The number of nitrogens with zero attached hydrogens (tertiary/aromatic N) is 5. The maximum Gasteiger partial charge on any atom is 0.158 e. The first-order chi connectivity index (χ1) is 9.49. The Morgan fingerprint density at radius 2 is 2.05 bits per heavy atom. The Kier molecular flexibility index (Phi) is 4.70. The van der Waals surface area contributed by atoms with Crippen LogP contribution in [0.3, 0.4) is 0 Å². The third kappa shape index (κ3) is 2.69. The van der Waals surface area contributed by atoms with E-state index in [1.54, 1.807) is 0 Å². The van der Waals surface area contributed by atoms with Gasteiger partial charge >= 0.3 is 0 Å². The van der Waals surface area contributed by atoms with Crippen molar-refractivity contribution in [3.05, 3.63) is 11.5 Å². The lowest BCUT2D eigenvalue weighted by atomic mass is 10.3. The lowest BCUT2D eigenvalue weighted by molar-refractivity contribution is 0.334. The van der Waals surface area contributed by atoms with Gasteiger partial charge in [-0.2, -0.15) is 5.10 Å². The molecule has 2 aromatic heterocycles. The monoisotopic (exact) mass is 297 g/mol. The van der Waals surface area contributed by atoms with Gasteiger partial charge in [0.05, 0.1) is 11.1 Å². The van der Waals surface area contributed by atoms with Gasteiger partial charge in [-0.05, 0) is 26.9 Å². The molecule has 0 amide bonds. The van der Waals surface area contributed by atoms with Crippen molar-refractivity contribution >= 4 is 22.8 Å². The van der Waals surface area contributed by atoms with E-state index in [1.807, 2.05) is 18.7 Å². The Morgan fingerprint density at radius 3 is 2.60 bits per heavy atom. The molecule has 0 aliphatic rings. The quantitative estimate of drug-likeness (QED) is 0.769. The highest BCUT2D eigenvalue weighted by molar-refractivity contribution is 6.20. The van der Waals surface area contributed by atoms with Crippen LogP contribution in [0.2, 0.25) is 0 Å². The minimum atomic E-state index is -0.0981. The molecule has 1 unspecified atom stereocenters. The molecule has 6 heteroatoms. The van der Waals surface area contributed by atoms with E-state index in [9.17, 15) is 0 Å². The van der Waals surface area contributed by atoms with Crippen LogP contribution < -0.4 is 0 Å². The average molecular weight is 298 g/mol. The van der Waals surface area contributed by atoms with Crippen molar-refractivity contribution in [1.29, 1.82) is 0 Å². The molecule has 5 nitrogen and oxygen atoms in total. The third-order valence-corrected chi connectivity index (χ3v) is 3.95. The third-order valence-electron chi connectivity index (χ3n) is 3.76. The Hall–Kier alpha value is -1.07. The molecular formula is C14H24ClN5. The average Bonchev–Trinajstić information content (AvgIpc) is 2.94. The van der Waals surface area contributed by atoms with Crippen molar-refractivity contribution in [1.82, 2.24) is 24.2 Å². The van der Waals surface area contributed by atoms with Crippen molar-refractivity contribution in [2.45, 2.75) is 39.1 Å². The van der Waals surface area contributed by atoms with Gasteiger partial charge in [0, 0.05) is 20.1 Å². The van der Waals surface area contributed by atoms with Gasteiger partial charge in [0.2, 0.25) is 0 Å². The van der Waals surface area contributed by atoms with Crippen molar-refractivity contribution in [3.8, 4) is 0 Å². The number of imidazole rings is 1. The number of hydrogen-bond donors (Lipinski definition) is 0. The van der Waals surface area contributed by atoms with Crippen molar-refractivity contribution in [2.75, 3.05) is 20.1 Å². The van der Waals surface area contributed by atoms with Crippen LogP contribution in [0.5, 0.6) is 0 Å². The molecule has 1 atom stereocenters. The highest BCUT2D eigenvalue weighted by atomic mass is 35.5. The van der Waals surface area contributed by atoms with E-state index in [0.29, 0.717) is 0 Å². The summed E-state index contributed by atoms with van der Waals surface area (Å²) in [5.41, 5.74) is 3.12. The minimum absolute atomic E-state index is 0.0981. The topological polar surface area (TPSA) is 38.9 Å². The number of alkyl halides is 1. The molecule has 112 valence electrons. The highest BCUT2D eigenvalue weighted by Gasteiger charge is 2.20. The first-order valence-electron chi connectivity index (χ1n) is 7.24. The summed E-state index contributed by atoms with van der Waals surface area (Å²) >= 11 is 6.31.